The highest BCUT2D eigenvalue weighted by atomic mass is 16.9. The first-order valence-electron chi connectivity index (χ1n) is 5.56. The second-order valence-electron chi connectivity index (χ2n) is 3.56. The fraction of sp³-hybridized carbons (Fsp3) is 0.0909. The summed E-state index contributed by atoms with van der Waals surface area (Å²) in [7, 11) is 1.44. The Morgan fingerprint density at radius 2 is 2.05 bits per heavy atom. The molecule has 0 atom stereocenters. The summed E-state index contributed by atoms with van der Waals surface area (Å²) in [6, 6.07) is 4.70. The molecule has 1 amide bonds. The van der Waals surface area contributed by atoms with E-state index in [-0.39, 0.29) is 11.7 Å². The van der Waals surface area contributed by atoms with E-state index in [1.54, 1.807) is 18.2 Å². The van der Waals surface area contributed by atoms with E-state index in [0.717, 1.165) is 0 Å². The summed E-state index contributed by atoms with van der Waals surface area (Å²) in [5.41, 5.74) is 13.2. The molecule has 0 aromatic heterocycles. The lowest BCUT2D eigenvalue weighted by Gasteiger charge is -2.03. The minimum absolute atomic E-state index is 0.0336. The van der Waals surface area contributed by atoms with E-state index in [0.29, 0.717) is 11.3 Å². The van der Waals surface area contributed by atoms with E-state index in [1.807, 2.05) is 0 Å². The van der Waals surface area contributed by atoms with Gasteiger partial charge in [-0.25, -0.2) is 5.43 Å². The molecule has 1 rings (SSSR count). The average molecular weight is 313 g/mol. The van der Waals surface area contributed by atoms with E-state index in [2.05, 4.69) is 10.5 Å². The number of nitrogens with two attached hydrogens (primary N) is 2. The highest BCUT2D eigenvalue weighted by Crippen LogP contribution is 2.26. The van der Waals surface area contributed by atoms with Gasteiger partial charge in [0.05, 0.1) is 12.2 Å². The molecule has 0 aliphatic rings. The van der Waals surface area contributed by atoms with E-state index in [9.17, 15) is 9.90 Å². The Hall–Kier alpha value is -3.50. The van der Waals surface area contributed by atoms with Crippen molar-refractivity contribution in [2.75, 3.05) is 7.11 Å². The smallest absolute Gasteiger partial charge is 0.360 e. The number of nitrogens with zero attached hydrogens (tertiary/aromatic N) is 1. The molecule has 0 bridgehead atoms. The first-order chi connectivity index (χ1) is 10.3. The van der Waals surface area contributed by atoms with Crippen molar-refractivity contribution in [2.45, 2.75) is 0 Å². The van der Waals surface area contributed by atoms with Crippen molar-refractivity contribution in [1.29, 1.82) is 0 Å². The lowest BCUT2D eigenvalue weighted by atomic mass is 10.2. The van der Waals surface area contributed by atoms with E-state index >= 15 is 0 Å². The summed E-state index contributed by atoms with van der Waals surface area (Å²) in [5.74, 6) is -0.167. The van der Waals surface area contributed by atoms with Gasteiger partial charge in [-0.1, -0.05) is 6.07 Å². The topological polar surface area (TPSA) is 191 Å². The third-order valence-corrected chi connectivity index (χ3v) is 1.96. The van der Waals surface area contributed by atoms with Crippen LogP contribution in [0, 0.1) is 15.3 Å². The largest absolute Gasteiger partial charge is 0.504 e. The van der Waals surface area contributed by atoms with Gasteiger partial charge in [0.25, 0.3) is 5.91 Å². The summed E-state index contributed by atoms with van der Waals surface area (Å²) >= 11 is 0. The van der Waals surface area contributed by atoms with Gasteiger partial charge in [0.2, 0.25) is 0 Å². The Labute approximate surface area is 124 Å². The molecule has 11 heteroatoms. The van der Waals surface area contributed by atoms with Crippen LogP contribution in [0.25, 0.3) is 6.08 Å². The van der Waals surface area contributed by atoms with Crippen molar-refractivity contribution in [1.82, 2.24) is 5.43 Å². The molecular weight excluding hydrogens is 298 g/mol. The van der Waals surface area contributed by atoms with Crippen LogP contribution in [-0.2, 0) is 4.79 Å². The van der Waals surface area contributed by atoms with Crippen molar-refractivity contribution < 1.29 is 24.8 Å². The highest BCUT2D eigenvalue weighted by molar-refractivity contribution is 5.91. The lowest BCUT2D eigenvalue weighted by Crippen LogP contribution is -2.87. The number of nitrogens with one attached hydrogen (secondary N) is 2. The average Bonchev–Trinajstić information content (AvgIpc) is 2.43. The van der Waals surface area contributed by atoms with E-state index < -0.39 is 11.0 Å². The van der Waals surface area contributed by atoms with Crippen LogP contribution in [0.2, 0.25) is 0 Å². The number of guanidine groups is 1. The third kappa shape index (κ3) is 8.58. The monoisotopic (exact) mass is 313 g/mol. The number of hydrazine groups is 1. The zero-order valence-corrected chi connectivity index (χ0v) is 11.5. The summed E-state index contributed by atoms with van der Waals surface area (Å²) in [4.78, 5) is 19.5. The molecule has 0 unspecified atom stereocenters. The number of methoxy groups -OCH3 is 1. The number of rotatable bonds is 4. The Morgan fingerprint density at radius 1 is 1.45 bits per heavy atom. The number of phenols is 1. The van der Waals surface area contributed by atoms with Crippen LogP contribution >= 0.6 is 0 Å². The van der Waals surface area contributed by atoms with Crippen molar-refractivity contribution in [3.8, 4) is 11.5 Å². The van der Waals surface area contributed by atoms with Crippen LogP contribution < -0.4 is 26.7 Å². The quantitative estimate of drug-likeness (QED) is 0.133. The fourth-order valence-electron chi connectivity index (χ4n) is 1.15. The number of carbonyl (C=O) groups excluding carboxylic acids is 1. The van der Waals surface area contributed by atoms with Crippen LogP contribution in [0.1, 0.15) is 5.56 Å². The van der Waals surface area contributed by atoms with Gasteiger partial charge in [0.15, 0.2) is 11.5 Å². The Bertz CT molecular complexity index is 578. The predicted molar refractivity (Wildman–Crippen MR) is 76.5 cm³/mol. The second-order valence-corrected chi connectivity index (χ2v) is 3.56. The van der Waals surface area contributed by atoms with Gasteiger partial charge in [-0.3, -0.25) is 16.3 Å². The number of carbonyl (C=O) groups is 1. The van der Waals surface area contributed by atoms with Crippen molar-refractivity contribution in [3.63, 3.8) is 0 Å². The molecular formula is C11H15N5O6. The number of hydrogen-bond donors (Lipinski definition) is 5. The normalized spacial score (nSPS) is 9.32. The molecule has 120 valence electrons. The number of phenolic OH excluding ortho intramolecular Hbond substituents is 1. The van der Waals surface area contributed by atoms with E-state index in [4.69, 9.17) is 31.5 Å². The van der Waals surface area contributed by atoms with Gasteiger partial charge >= 0.3 is 5.96 Å². The minimum atomic E-state index is -1.75. The highest BCUT2D eigenvalue weighted by Gasteiger charge is 2.01. The summed E-state index contributed by atoms with van der Waals surface area (Å²) in [5, 5.41) is 26.4. The SMILES string of the molecule is COc1cc(/C=C/C(=O)N[NH+]=C(N)N)ccc1O.O=[N+]([O-])[O-]. The van der Waals surface area contributed by atoms with Gasteiger partial charge in [-0.2, -0.15) is 5.10 Å². The molecule has 0 saturated heterocycles. The molecule has 0 saturated carbocycles. The first kappa shape index (κ1) is 18.5. The molecule has 0 spiro atoms. The molecule has 1 aromatic carbocycles. The summed E-state index contributed by atoms with van der Waals surface area (Å²) < 4.78 is 4.94. The standard InChI is InChI=1S/C11H14N4O3.NO3/c1-18-9-6-7(2-4-8(9)16)3-5-10(17)14-15-11(12)13;2-1(3)4/h2-6,16H,1H3,(H,14,17)(H4,12,13,15);/q;-1/p+1/b5-3+;. The van der Waals surface area contributed by atoms with Crippen LogP contribution in [0.15, 0.2) is 24.3 Å². The summed E-state index contributed by atoms with van der Waals surface area (Å²) in [6.07, 6.45) is 2.83. The van der Waals surface area contributed by atoms with Gasteiger partial charge < -0.3 is 25.2 Å². The summed E-state index contributed by atoms with van der Waals surface area (Å²) in [6.45, 7) is 0. The van der Waals surface area contributed by atoms with Gasteiger partial charge in [0.1, 0.15) is 0 Å². The van der Waals surface area contributed by atoms with Crippen molar-refractivity contribution >= 4 is 17.9 Å². The predicted octanol–water partition coefficient (Wildman–Crippen LogP) is -2.44. The maximum atomic E-state index is 11.3. The molecule has 0 aliphatic carbocycles. The maximum absolute atomic E-state index is 11.3. The number of ether oxygens (including phenoxy) is 1. The molecule has 22 heavy (non-hydrogen) atoms. The van der Waals surface area contributed by atoms with Crippen molar-refractivity contribution in [2.24, 2.45) is 11.5 Å². The molecule has 0 heterocycles. The molecule has 1 aromatic rings. The number of hydrogen-bond acceptors (Lipinski definition) is 6. The van der Waals surface area contributed by atoms with Crippen LogP contribution in [0.3, 0.4) is 0 Å². The zero-order chi connectivity index (χ0) is 17.1. The van der Waals surface area contributed by atoms with E-state index in [1.165, 1.54) is 19.3 Å². The van der Waals surface area contributed by atoms with Crippen LogP contribution in [0.5, 0.6) is 11.5 Å². The Morgan fingerprint density at radius 3 is 2.55 bits per heavy atom. The fourth-order valence-corrected chi connectivity index (χ4v) is 1.15. The third-order valence-electron chi connectivity index (χ3n) is 1.96. The molecule has 0 aliphatic heterocycles. The maximum Gasteiger partial charge on any atom is 0.360 e. The number of aromatic hydroxyl groups is 1. The van der Waals surface area contributed by atoms with Crippen LogP contribution in [-0.4, -0.2) is 29.2 Å². The molecule has 11 nitrogen and oxygen atoms in total. The Balaban J connectivity index is 0.000000980. The first-order valence-corrected chi connectivity index (χ1v) is 5.56. The lowest BCUT2D eigenvalue weighted by molar-refractivity contribution is -0.512. The molecule has 0 radical (unpaired) electrons. The van der Waals surface area contributed by atoms with Crippen LogP contribution in [0.4, 0.5) is 0 Å². The second kappa shape index (κ2) is 9.41. The molecule has 0 fully saturated rings. The van der Waals surface area contributed by atoms with Gasteiger partial charge in [-0.15, -0.1) is 0 Å². The van der Waals surface area contributed by atoms with Crippen molar-refractivity contribution in [3.05, 3.63) is 45.2 Å². The van der Waals surface area contributed by atoms with Gasteiger partial charge in [0, 0.05) is 6.08 Å². The zero-order valence-electron chi connectivity index (χ0n) is 11.5. The molecule has 7 N–H and O–H groups in total. The van der Waals surface area contributed by atoms with Gasteiger partial charge in [-0.05, 0) is 23.8 Å². The minimum Gasteiger partial charge on any atom is -0.504 e. The number of benzene rings is 1. The Kier molecular flexibility index (Phi) is 7.91. The number of hydrazone groups is 1. The number of amides is 1.